The normalized spacial score (nSPS) is 10.6. The van der Waals surface area contributed by atoms with E-state index in [1.54, 1.807) is 0 Å². The summed E-state index contributed by atoms with van der Waals surface area (Å²) in [5, 5.41) is 8.06. The van der Waals surface area contributed by atoms with Crippen molar-refractivity contribution in [1.29, 1.82) is 0 Å². The largest absolute Gasteiger partial charge is 0.373 e. The van der Waals surface area contributed by atoms with Gasteiger partial charge >= 0.3 is 0 Å². The van der Waals surface area contributed by atoms with Crippen molar-refractivity contribution >= 4 is 5.69 Å². The van der Waals surface area contributed by atoms with E-state index in [0.29, 0.717) is 0 Å². The topological polar surface area (TPSA) is 66.5 Å². The molecule has 2 rings (SSSR count). The number of aromatic amines is 1. The van der Waals surface area contributed by atoms with Crippen LogP contribution < -0.4 is 5.32 Å². The third-order valence-electron chi connectivity index (χ3n) is 1.90. The molecule has 2 heterocycles. The number of nitrogens with one attached hydrogen (secondary N) is 2. The first-order valence-corrected chi connectivity index (χ1v) is 4.37. The van der Waals surface area contributed by atoms with Crippen molar-refractivity contribution in [1.82, 2.24) is 20.2 Å². The standard InChI is InChI=1S/C8H5F4N5/c9-4-6(5(10)8(12)16-7(4)11)13-1-3-14-2-15-17-3/h2H,1H2,(H,13,16)(H,14,15,17). The summed E-state index contributed by atoms with van der Waals surface area (Å²) in [5.41, 5.74) is -0.939. The number of aromatic nitrogens is 4. The summed E-state index contributed by atoms with van der Waals surface area (Å²) >= 11 is 0. The summed E-state index contributed by atoms with van der Waals surface area (Å²) in [6.45, 7) is -0.170. The summed E-state index contributed by atoms with van der Waals surface area (Å²) in [6.07, 6.45) is 1.18. The van der Waals surface area contributed by atoms with Crippen LogP contribution in [0.4, 0.5) is 23.2 Å². The van der Waals surface area contributed by atoms with Crippen LogP contribution in [-0.4, -0.2) is 20.2 Å². The molecule has 0 atom stereocenters. The Morgan fingerprint density at radius 2 is 1.76 bits per heavy atom. The van der Waals surface area contributed by atoms with E-state index in [2.05, 4.69) is 25.5 Å². The van der Waals surface area contributed by atoms with Crippen molar-refractivity contribution in [3.8, 4) is 0 Å². The fraction of sp³-hybridized carbons (Fsp3) is 0.125. The molecule has 0 aliphatic heterocycles. The van der Waals surface area contributed by atoms with Gasteiger partial charge in [0.25, 0.3) is 11.9 Å². The lowest BCUT2D eigenvalue weighted by molar-refractivity contribution is 0.410. The molecule has 0 saturated heterocycles. The van der Waals surface area contributed by atoms with Crippen molar-refractivity contribution in [2.45, 2.75) is 6.54 Å². The number of hydrogen-bond donors (Lipinski definition) is 2. The van der Waals surface area contributed by atoms with Gasteiger partial charge in [-0.3, -0.25) is 5.10 Å². The van der Waals surface area contributed by atoms with E-state index in [0.717, 1.165) is 0 Å². The molecular formula is C8H5F4N5. The zero-order valence-corrected chi connectivity index (χ0v) is 8.14. The van der Waals surface area contributed by atoms with Crippen molar-refractivity contribution < 1.29 is 17.6 Å². The van der Waals surface area contributed by atoms with Gasteiger partial charge in [0.2, 0.25) is 11.6 Å². The quantitative estimate of drug-likeness (QED) is 0.635. The summed E-state index contributed by atoms with van der Waals surface area (Å²) in [7, 11) is 0. The number of pyridine rings is 1. The van der Waals surface area contributed by atoms with Gasteiger partial charge in [-0.05, 0) is 0 Å². The van der Waals surface area contributed by atoms with E-state index in [4.69, 9.17) is 0 Å². The Balaban J connectivity index is 2.26. The van der Waals surface area contributed by atoms with Gasteiger partial charge in [0, 0.05) is 0 Å². The van der Waals surface area contributed by atoms with Crippen LogP contribution in [0.1, 0.15) is 5.82 Å². The monoisotopic (exact) mass is 247 g/mol. The molecule has 2 aromatic rings. The number of halogens is 4. The van der Waals surface area contributed by atoms with E-state index in [1.165, 1.54) is 6.33 Å². The lowest BCUT2D eigenvalue weighted by Gasteiger charge is -2.07. The predicted molar refractivity (Wildman–Crippen MR) is 47.8 cm³/mol. The smallest absolute Gasteiger partial charge is 0.253 e. The molecule has 0 unspecified atom stereocenters. The molecule has 0 saturated carbocycles. The Kier molecular flexibility index (Phi) is 2.90. The van der Waals surface area contributed by atoms with Gasteiger partial charge in [0.05, 0.1) is 6.54 Å². The molecule has 0 spiro atoms. The number of anilines is 1. The molecule has 2 N–H and O–H groups in total. The van der Waals surface area contributed by atoms with Crippen LogP contribution >= 0.6 is 0 Å². The van der Waals surface area contributed by atoms with Gasteiger partial charge in [-0.1, -0.05) is 0 Å². The maximum Gasteiger partial charge on any atom is 0.253 e. The second kappa shape index (κ2) is 4.36. The highest BCUT2D eigenvalue weighted by atomic mass is 19.2. The summed E-state index contributed by atoms with van der Waals surface area (Å²) in [5.74, 6) is -6.37. The van der Waals surface area contributed by atoms with Crippen LogP contribution in [0.5, 0.6) is 0 Å². The lowest BCUT2D eigenvalue weighted by atomic mass is 10.3. The van der Waals surface area contributed by atoms with Crippen molar-refractivity contribution in [2.24, 2.45) is 0 Å². The Bertz CT molecular complexity index is 501. The first-order chi connectivity index (χ1) is 8.09. The molecule has 90 valence electrons. The molecule has 9 heteroatoms. The molecular weight excluding hydrogens is 242 g/mol. The molecule has 17 heavy (non-hydrogen) atoms. The molecule has 0 aromatic carbocycles. The average molecular weight is 247 g/mol. The molecule has 0 fully saturated rings. The molecule has 0 bridgehead atoms. The second-order valence-electron chi connectivity index (χ2n) is 2.98. The molecule has 5 nitrogen and oxygen atoms in total. The highest BCUT2D eigenvalue weighted by Gasteiger charge is 2.20. The Labute approximate surface area is 91.9 Å². The Morgan fingerprint density at radius 1 is 1.12 bits per heavy atom. The van der Waals surface area contributed by atoms with Crippen LogP contribution in [0.2, 0.25) is 0 Å². The molecule has 0 radical (unpaired) electrons. The van der Waals surface area contributed by atoms with E-state index >= 15 is 0 Å². The first kappa shape index (κ1) is 11.3. The van der Waals surface area contributed by atoms with Crippen LogP contribution in [0.15, 0.2) is 6.33 Å². The lowest BCUT2D eigenvalue weighted by Crippen LogP contribution is -2.10. The van der Waals surface area contributed by atoms with Crippen molar-refractivity contribution in [3.63, 3.8) is 0 Å². The number of hydrogen-bond acceptors (Lipinski definition) is 4. The third-order valence-corrected chi connectivity index (χ3v) is 1.90. The third kappa shape index (κ3) is 2.17. The van der Waals surface area contributed by atoms with Gasteiger partial charge < -0.3 is 5.32 Å². The van der Waals surface area contributed by atoms with Crippen molar-refractivity contribution in [3.05, 3.63) is 35.7 Å². The maximum absolute atomic E-state index is 13.1. The molecule has 0 aliphatic carbocycles. The summed E-state index contributed by atoms with van der Waals surface area (Å²) in [6, 6.07) is 0. The highest BCUT2D eigenvalue weighted by Crippen LogP contribution is 2.22. The van der Waals surface area contributed by atoms with E-state index in [-0.39, 0.29) is 12.4 Å². The zero-order valence-electron chi connectivity index (χ0n) is 8.14. The predicted octanol–water partition coefficient (Wildman–Crippen LogP) is 1.37. The summed E-state index contributed by atoms with van der Waals surface area (Å²) < 4.78 is 51.7. The van der Waals surface area contributed by atoms with Crippen LogP contribution in [0.3, 0.4) is 0 Å². The fourth-order valence-corrected chi connectivity index (χ4v) is 1.13. The highest BCUT2D eigenvalue weighted by molar-refractivity contribution is 5.45. The molecule has 0 amide bonds. The van der Waals surface area contributed by atoms with E-state index < -0.39 is 29.2 Å². The van der Waals surface area contributed by atoms with Gasteiger partial charge in [0.1, 0.15) is 17.8 Å². The van der Waals surface area contributed by atoms with Gasteiger partial charge in [-0.15, -0.1) is 0 Å². The molecule has 2 aromatic heterocycles. The van der Waals surface area contributed by atoms with Crippen LogP contribution in [0.25, 0.3) is 0 Å². The minimum absolute atomic E-state index is 0.170. The number of rotatable bonds is 3. The maximum atomic E-state index is 13.1. The number of H-pyrrole nitrogens is 1. The van der Waals surface area contributed by atoms with E-state index in [1.807, 2.05) is 0 Å². The first-order valence-electron chi connectivity index (χ1n) is 4.37. The van der Waals surface area contributed by atoms with Crippen LogP contribution in [-0.2, 0) is 6.54 Å². The Hall–Kier alpha value is -2.19. The van der Waals surface area contributed by atoms with Crippen molar-refractivity contribution in [2.75, 3.05) is 5.32 Å². The minimum Gasteiger partial charge on any atom is -0.373 e. The fourth-order valence-electron chi connectivity index (χ4n) is 1.13. The van der Waals surface area contributed by atoms with Gasteiger partial charge in [0.15, 0.2) is 0 Å². The average Bonchev–Trinajstić information content (AvgIpc) is 2.79. The zero-order chi connectivity index (χ0) is 12.4. The minimum atomic E-state index is -1.72. The Morgan fingerprint density at radius 3 is 2.29 bits per heavy atom. The van der Waals surface area contributed by atoms with E-state index in [9.17, 15) is 17.6 Å². The van der Waals surface area contributed by atoms with Gasteiger partial charge in [-0.2, -0.15) is 27.6 Å². The number of nitrogens with zero attached hydrogens (tertiary/aromatic N) is 3. The van der Waals surface area contributed by atoms with Gasteiger partial charge in [-0.25, -0.2) is 4.98 Å². The SMILES string of the molecule is Fc1nc(F)c(F)c(NCc2ncn[nH]2)c1F. The second-order valence-corrected chi connectivity index (χ2v) is 2.98. The summed E-state index contributed by atoms with van der Waals surface area (Å²) in [4.78, 5) is 6.08. The van der Waals surface area contributed by atoms with Crippen LogP contribution in [0, 0.1) is 23.5 Å². The molecule has 0 aliphatic rings.